The van der Waals surface area contributed by atoms with E-state index in [-0.39, 0.29) is 11.3 Å². The Kier molecular flexibility index (Phi) is 3.93. The van der Waals surface area contributed by atoms with Crippen LogP contribution in [0.3, 0.4) is 0 Å². The van der Waals surface area contributed by atoms with Gasteiger partial charge in [-0.2, -0.15) is 0 Å². The molecule has 6 heteroatoms. The lowest BCUT2D eigenvalue weighted by Gasteiger charge is -2.36. The fraction of sp³-hybridized carbons (Fsp3) is 0.688. The van der Waals surface area contributed by atoms with E-state index < -0.39 is 5.97 Å². The summed E-state index contributed by atoms with van der Waals surface area (Å²) in [6.07, 6.45) is 7.12. The van der Waals surface area contributed by atoms with Crippen LogP contribution in [0.4, 0.5) is 11.6 Å². The van der Waals surface area contributed by atoms with Crippen LogP contribution in [-0.4, -0.2) is 48.2 Å². The predicted molar refractivity (Wildman–Crippen MR) is 85.2 cm³/mol. The Balaban J connectivity index is 1.87. The largest absolute Gasteiger partial charge is 0.481 e. The molecular weight excluding hydrogens is 280 g/mol. The summed E-state index contributed by atoms with van der Waals surface area (Å²) in [5, 5.41) is 9.67. The number of rotatable bonds is 3. The molecule has 1 aliphatic carbocycles. The van der Waals surface area contributed by atoms with E-state index in [4.69, 9.17) is 0 Å². The van der Waals surface area contributed by atoms with Crippen LogP contribution < -0.4 is 9.80 Å². The van der Waals surface area contributed by atoms with Gasteiger partial charge in [0, 0.05) is 38.7 Å². The molecule has 3 rings (SSSR count). The Labute approximate surface area is 131 Å². The minimum Gasteiger partial charge on any atom is -0.481 e. The smallest absolute Gasteiger partial charge is 0.308 e. The second-order valence-corrected chi connectivity index (χ2v) is 6.82. The molecule has 120 valence electrons. The molecule has 6 nitrogen and oxygen atoms in total. The van der Waals surface area contributed by atoms with Gasteiger partial charge in [-0.15, -0.1) is 0 Å². The molecule has 1 N–H and O–H groups in total. The highest BCUT2D eigenvalue weighted by molar-refractivity contribution is 5.73. The lowest BCUT2D eigenvalue weighted by Crippen LogP contribution is -2.36. The third-order valence-electron chi connectivity index (χ3n) is 5.22. The molecule has 1 aromatic rings. The van der Waals surface area contributed by atoms with Gasteiger partial charge in [0.05, 0.1) is 5.92 Å². The van der Waals surface area contributed by atoms with Crippen molar-refractivity contribution in [3.8, 4) is 0 Å². The van der Waals surface area contributed by atoms with E-state index in [1.165, 1.54) is 6.42 Å². The summed E-state index contributed by atoms with van der Waals surface area (Å²) in [5.74, 6) is 0.741. The Morgan fingerprint density at radius 1 is 1.32 bits per heavy atom. The van der Waals surface area contributed by atoms with Crippen molar-refractivity contribution in [2.75, 3.05) is 37.0 Å². The molecule has 2 heterocycles. The molecule has 0 amide bonds. The first kappa shape index (κ1) is 15.1. The molecule has 1 saturated heterocycles. The van der Waals surface area contributed by atoms with Crippen molar-refractivity contribution in [1.29, 1.82) is 0 Å². The third-order valence-corrected chi connectivity index (χ3v) is 5.22. The summed E-state index contributed by atoms with van der Waals surface area (Å²) >= 11 is 0. The highest BCUT2D eigenvalue weighted by Gasteiger charge is 2.50. The molecule has 1 saturated carbocycles. The van der Waals surface area contributed by atoms with Gasteiger partial charge >= 0.3 is 5.97 Å². The zero-order valence-electron chi connectivity index (χ0n) is 13.3. The Morgan fingerprint density at radius 3 is 2.68 bits per heavy atom. The average molecular weight is 304 g/mol. The second-order valence-electron chi connectivity index (χ2n) is 6.82. The van der Waals surface area contributed by atoms with Crippen LogP contribution in [-0.2, 0) is 4.79 Å². The highest BCUT2D eigenvalue weighted by Crippen LogP contribution is 2.48. The molecule has 1 atom stereocenters. The molecule has 1 aromatic heterocycles. The van der Waals surface area contributed by atoms with Gasteiger partial charge < -0.3 is 14.9 Å². The van der Waals surface area contributed by atoms with Crippen LogP contribution in [0.1, 0.15) is 32.1 Å². The Bertz CT molecular complexity index is 555. The normalized spacial score (nSPS) is 23.7. The molecule has 1 spiro atoms. The summed E-state index contributed by atoms with van der Waals surface area (Å²) in [4.78, 5) is 24.4. The maximum absolute atomic E-state index is 11.8. The summed E-state index contributed by atoms with van der Waals surface area (Å²) in [6, 6.07) is 1.95. The summed E-state index contributed by atoms with van der Waals surface area (Å²) in [5.41, 5.74) is -0.0761. The SMILES string of the molecule is CN(C)c1cc(N2CC(C(=O)O)C3(CCCCC3)C2)ncn1. The third kappa shape index (κ3) is 2.62. The average Bonchev–Trinajstić information content (AvgIpc) is 2.87. The fourth-order valence-corrected chi connectivity index (χ4v) is 4.00. The molecule has 2 fully saturated rings. The molecule has 0 radical (unpaired) electrons. The predicted octanol–water partition coefficient (Wildman–Crippen LogP) is 2.01. The van der Waals surface area contributed by atoms with Crippen LogP contribution in [0.5, 0.6) is 0 Å². The van der Waals surface area contributed by atoms with Crippen molar-refractivity contribution in [3.05, 3.63) is 12.4 Å². The monoisotopic (exact) mass is 304 g/mol. The molecule has 0 aromatic carbocycles. The van der Waals surface area contributed by atoms with Crippen molar-refractivity contribution in [2.45, 2.75) is 32.1 Å². The number of nitrogens with zero attached hydrogens (tertiary/aromatic N) is 4. The zero-order valence-corrected chi connectivity index (χ0v) is 13.3. The van der Waals surface area contributed by atoms with Gasteiger partial charge in [0.2, 0.25) is 0 Å². The number of hydrogen-bond acceptors (Lipinski definition) is 5. The van der Waals surface area contributed by atoms with Crippen molar-refractivity contribution in [1.82, 2.24) is 9.97 Å². The highest BCUT2D eigenvalue weighted by atomic mass is 16.4. The van der Waals surface area contributed by atoms with Crippen LogP contribution in [0, 0.1) is 11.3 Å². The second kappa shape index (κ2) is 5.74. The first-order valence-electron chi connectivity index (χ1n) is 7.99. The number of aromatic nitrogens is 2. The van der Waals surface area contributed by atoms with Gasteiger partial charge in [-0.05, 0) is 12.8 Å². The molecule has 1 aliphatic heterocycles. The zero-order chi connectivity index (χ0) is 15.7. The minimum absolute atomic E-state index is 0.0761. The van der Waals surface area contributed by atoms with E-state index in [0.717, 1.165) is 43.9 Å². The van der Waals surface area contributed by atoms with E-state index in [1.54, 1.807) is 6.33 Å². The standard InChI is InChI=1S/C16H24N4O2/c1-19(2)13-8-14(18-11-17-13)20-9-12(15(21)22)16(10-20)6-4-3-5-7-16/h8,11-12H,3-7,9-10H2,1-2H3,(H,21,22). The number of aliphatic carboxylic acids is 1. The van der Waals surface area contributed by atoms with Gasteiger partial charge in [-0.25, -0.2) is 9.97 Å². The molecular formula is C16H24N4O2. The number of anilines is 2. The van der Waals surface area contributed by atoms with Gasteiger partial charge in [0.1, 0.15) is 18.0 Å². The van der Waals surface area contributed by atoms with Crippen LogP contribution >= 0.6 is 0 Å². The summed E-state index contributed by atoms with van der Waals surface area (Å²) < 4.78 is 0. The quantitative estimate of drug-likeness (QED) is 0.921. The number of hydrogen-bond donors (Lipinski definition) is 1. The van der Waals surface area contributed by atoms with Crippen LogP contribution in [0.2, 0.25) is 0 Å². The van der Waals surface area contributed by atoms with Gasteiger partial charge in [-0.3, -0.25) is 4.79 Å². The number of carboxylic acids is 1. The van der Waals surface area contributed by atoms with E-state index in [2.05, 4.69) is 14.9 Å². The summed E-state index contributed by atoms with van der Waals surface area (Å²) in [7, 11) is 3.89. The molecule has 0 bridgehead atoms. The van der Waals surface area contributed by atoms with E-state index in [1.807, 2.05) is 25.1 Å². The lowest BCUT2D eigenvalue weighted by atomic mass is 9.68. The van der Waals surface area contributed by atoms with E-state index in [9.17, 15) is 9.90 Å². The fourth-order valence-electron chi connectivity index (χ4n) is 4.00. The van der Waals surface area contributed by atoms with Gasteiger partial charge in [0.15, 0.2) is 0 Å². The van der Waals surface area contributed by atoms with E-state index in [0.29, 0.717) is 6.54 Å². The first-order valence-corrected chi connectivity index (χ1v) is 7.99. The van der Waals surface area contributed by atoms with Crippen molar-refractivity contribution in [3.63, 3.8) is 0 Å². The Hall–Kier alpha value is -1.85. The maximum Gasteiger partial charge on any atom is 0.308 e. The molecule has 22 heavy (non-hydrogen) atoms. The van der Waals surface area contributed by atoms with Gasteiger partial charge in [-0.1, -0.05) is 19.3 Å². The first-order chi connectivity index (χ1) is 10.5. The van der Waals surface area contributed by atoms with Crippen molar-refractivity contribution >= 4 is 17.6 Å². The van der Waals surface area contributed by atoms with Crippen molar-refractivity contribution < 1.29 is 9.90 Å². The topological polar surface area (TPSA) is 69.6 Å². The molecule has 1 unspecified atom stereocenters. The van der Waals surface area contributed by atoms with Gasteiger partial charge in [0.25, 0.3) is 0 Å². The minimum atomic E-state index is -0.661. The number of carbonyl (C=O) groups is 1. The van der Waals surface area contributed by atoms with Crippen molar-refractivity contribution in [2.24, 2.45) is 11.3 Å². The number of carboxylic acid groups (broad SMARTS) is 1. The molecule has 2 aliphatic rings. The Morgan fingerprint density at radius 2 is 2.05 bits per heavy atom. The summed E-state index contributed by atoms with van der Waals surface area (Å²) in [6.45, 7) is 1.35. The van der Waals surface area contributed by atoms with Crippen LogP contribution in [0.25, 0.3) is 0 Å². The van der Waals surface area contributed by atoms with Crippen LogP contribution in [0.15, 0.2) is 12.4 Å². The van der Waals surface area contributed by atoms with E-state index >= 15 is 0 Å². The maximum atomic E-state index is 11.8. The lowest BCUT2D eigenvalue weighted by molar-refractivity contribution is -0.145.